The predicted octanol–water partition coefficient (Wildman–Crippen LogP) is 7.39. The van der Waals surface area contributed by atoms with Gasteiger partial charge in [-0.15, -0.1) is 0 Å². The molecular weight excluding hydrogens is 739 g/mol. The minimum Gasteiger partial charge on any atom is -0.494 e. The third-order valence-electron chi connectivity index (χ3n) is 10.8. The Bertz CT molecular complexity index is 3000. The molecule has 10 nitrogen and oxygen atoms in total. The van der Waals surface area contributed by atoms with Crippen molar-refractivity contribution in [2.24, 2.45) is 0 Å². The summed E-state index contributed by atoms with van der Waals surface area (Å²) in [4.78, 5) is 30.1. The van der Waals surface area contributed by atoms with Crippen molar-refractivity contribution < 1.29 is 53.9 Å². The van der Waals surface area contributed by atoms with Gasteiger partial charge in [-0.05, 0) is 104 Å². The molecule has 0 radical (unpaired) electrons. The number of likely N-dealkylation sites (tertiary alicyclic amines) is 2. The second-order valence-corrected chi connectivity index (χ2v) is 14.2. The van der Waals surface area contributed by atoms with Gasteiger partial charge in [0.2, 0.25) is 11.8 Å². The van der Waals surface area contributed by atoms with E-state index >= 15 is 0 Å². The SMILES string of the molecule is C.[2H]C1([2H])C(=O)Nc2cccc3c2N1[C@H]1CCN(C([2H])([2H])C([2H])([2H])C([2H])([2H])Oc2ccc(F)cc2)C[C@@H]31.[2H]c1c([2H])c(OC([2H])([2H])C([2H])([2H])C([2H])([2H])N2CC[C@H]3[C@@H](C2)c2cccc4c2N3C([2H])([2H])C(=O)N4)c([2H])c(C)c1F. The summed E-state index contributed by atoms with van der Waals surface area (Å²) in [6, 6.07) is 10.9. The lowest BCUT2D eigenvalue weighted by atomic mass is 9.89. The lowest BCUT2D eigenvalue weighted by Gasteiger charge is -2.39. The Morgan fingerprint density at radius 2 is 1.28 bits per heavy atom. The number of amides is 2. The van der Waals surface area contributed by atoms with E-state index < -0.39 is 129 Å². The van der Waals surface area contributed by atoms with Crippen LogP contribution in [0.1, 0.15) is 87.6 Å². The molecule has 0 spiro atoms. The van der Waals surface area contributed by atoms with Crippen LogP contribution in [-0.2, 0) is 9.59 Å². The molecule has 4 atom stereocenters. The Labute approximate surface area is 366 Å². The van der Waals surface area contributed by atoms with Gasteiger partial charge in [0, 0.05) is 74.1 Å². The maximum Gasteiger partial charge on any atom is 0.243 e. The molecule has 2 saturated heterocycles. The van der Waals surface area contributed by atoms with Crippen LogP contribution in [0.25, 0.3) is 0 Å². The Morgan fingerprint density at radius 3 is 1.81 bits per heavy atom. The summed E-state index contributed by atoms with van der Waals surface area (Å²) in [5.74, 6) is -5.35. The number of para-hydroxylation sites is 2. The van der Waals surface area contributed by atoms with Crippen molar-refractivity contribution in [3.05, 3.63) is 107 Å². The van der Waals surface area contributed by atoms with Crippen LogP contribution in [0.3, 0.4) is 0 Å². The molecular formula is C46H54F2N6O4. The fourth-order valence-electron chi connectivity index (χ4n) is 8.28. The van der Waals surface area contributed by atoms with Crippen LogP contribution in [0.2, 0.25) is 0 Å². The summed E-state index contributed by atoms with van der Waals surface area (Å²) < 4.78 is 197. The van der Waals surface area contributed by atoms with E-state index in [-0.39, 0.29) is 52.2 Å². The molecule has 6 aliphatic heterocycles. The molecule has 6 aliphatic rings. The van der Waals surface area contributed by atoms with Crippen molar-refractivity contribution in [1.29, 1.82) is 0 Å². The van der Waals surface area contributed by atoms with E-state index in [1.165, 1.54) is 14.7 Å². The van der Waals surface area contributed by atoms with E-state index in [4.69, 9.17) is 35.5 Å². The smallest absolute Gasteiger partial charge is 0.243 e. The highest BCUT2D eigenvalue weighted by molar-refractivity contribution is 6.04. The normalized spacial score (nSPS) is 30.6. The largest absolute Gasteiger partial charge is 0.494 e. The first kappa shape index (κ1) is 22.8. The third kappa shape index (κ3) is 7.96. The number of benzene rings is 4. The summed E-state index contributed by atoms with van der Waals surface area (Å²) in [6.45, 7) is -16.3. The summed E-state index contributed by atoms with van der Waals surface area (Å²) in [7, 11) is 0. The average molecular weight is 812 g/mol. The Hall–Kier alpha value is -5.20. The monoisotopic (exact) mass is 812 g/mol. The lowest BCUT2D eigenvalue weighted by Crippen LogP contribution is -2.49. The molecule has 6 heterocycles. The lowest BCUT2D eigenvalue weighted by molar-refractivity contribution is -0.116. The van der Waals surface area contributed by atoms with E-state index in [1.54, 1.807) is 36.4 Å². The number of hydrogen-bond donors (Lipinski definition) is 2. The van der Waals surface area contributed by atoms with Gasteiger partial charge in [0.1, 0.15) is 23.1 Å². The van der Waals surface area contributed by atoms with E-state index in [1.807, 2.05) is 0 Å². The summed E-state index contributed by atoms with van der Waals surface area (Å²) in [5.41, 5.74) is 2.87. The maximum atomic E-state index is 14.1. The van der Waals surface area contributed by atoms with E-state index in [0.29, 0.717) is 33.9 Å². The molecule has 0 bridgehead atoms. The summed E-state index contributed by atoms with van der Waals surface area (Å²) >= 11 is 0. The fraction of sp³-hybridized carbons (Fsp3) is 0.435. The first-order valence-electron chi connectivity index (χ1n) is 27.9. The number of ether oxygens (including phenoxy) is 2. The standard InChI is InChI=1S/C23H26FN3O2.C22H24FN3O2.CH4/c1-15-12-16(6-7-19(15)24)29-11-3-9-26-10-8-21-18(13-26)17-4-2-5-20-23(17)27(21)14-22(28)25-20;23-15-5-7-16(8-6-15)28-12-2-10-25-11-9-20-18(13-25)17-3-1-4-19-22(17)26(20)14-21(27)24-19;/h2,4-7,12,18,21H,3,8-11,13-14H2,1H3,(H,25,28);1,3-8,18,20H,2,9-14H2,(H,24,27);1H4/t18-,21-;18-,20-;/m00./s1/i3D2,6D,7D,9D2,11D2,12D,14D2;2D2,10D2,12D2,14D2;. The quantitative estimate of drug-likeness (QED) is 0.172. The number of carbonyl (C=O) groups is 2. The molecule has 2 fully saturated rings. The van der Waals surface area contributed by atoms with Crippen molar-refractivity contribution in [3.63, 3.8) is 0 Å². The minimum atomic E-state index is -3.47. The van der Waals surface area contributed by atoms with Crippen molar-refractivity contribution in [3.8, 4) is 11.5 Å². The molecule has 4 aromatic rings. The number of nitrogens with one attached hydrogen (secondary N) is 2. The molecule has 12 heteroatoms. The van der Waals surface area contributed by atoms with Crippen LogP contribution < -0.4 is 29.9 Å². The predicted molar refractivity (Wildman–Crippen MR) is 224 cm³/mol. The maximum absolute atomic E-state index is 14.1. The van der Waals surface area contributed by atoms with Gasteiger partial charge < -0.3 is 39.7 Å². The molecule has 0 aliphatic carbocycles. The first-order chi connectivity index (χ1) is 35.0. The second kappa shape index (κ2) is 17.0. The van der Waals surface area contributed by atoms with E-state index in [9.17, 15) is 18.4 Å². The molecule has 2 amide bonds. The van der Waals surface area contributed by atoms with Crippen LogP contribution >= 0.6 is 0 Å². The molecule has 306 valence electrons. The number of carbonyl (C=O) groups excluding carboxylic acids is 2. The van der Waals surface area contributed by atoms with Crippen LogP contribution in [-0.4, -0.2) is 99.0 Å². The van der Waals surface area contributed by atoms with Gasteiger partial charge in [-0.3, -0.25) is 9.59 Å². The van der Waals surface area contributed by atoms with Gasteiger partial charge in [-0.25, -0.2) is 8.78 Å². The Balaban J connectivity index is 0.000000202. The van der Waals surface area contributed by atoms with Crippen LogP contribution in [0.15, 0.2) is 78.8 Å². The average Bonchev–Trinajstić information content (AvgIpc) is 3.89. The van der Waals surface area contributed by atoms with Crippen molar-refractivity contribution in [1.82, 2.24) is 9.80 Å². The number of nitrogens with zero attached hydrogens (tertiary/aromatic N) is 4. The zero-order chi connectivity index (χ0) is 56.0. The highest BCUT2D eigenvalue weighted by Gasteiger charge is 2.46. The summed E-state index contributed by atoms with van der Waals surface area (Å²) in [5, 5.41) is 5.15. The highest BCUT2D eigenvalue weighted by atomic mass is 19.1. The zero-order valence-corrected chi connectivity index (χ0v) is 30.5. The van der Waals surface area contributed by atoms with E-state index in [0.717, 1.165) is 36.1 Å². The summed E-state index contributed by atoms with van der Waals surface area (Å²) in [6.07, 6.45) is -6.22. The highest BCUT2D eigenvalue weighted by Crippen LogP contribution is 2.50. The number of hydrogen-bond acceptors (Lipinski definition) is 8. The van der Waals surface area contributed by atoms with Gasteiger partial charge in [0.25, 0.3) is 0 Å². The molecule has 4 aromatic carbocycles. The van der Waals surface area contributed by atoms with Gasteiger partial charge in [-0.1, -0.05) is 31.7 Å². The second-order valence-electron chi connectivity index (χ2n) is 14.2. The van der Waals surface area contributed by atoms with Crippen LogP contribution in [0.4, 0.5) is 31.5 Å². The van der Waals surface area contributed by atoms with Crippen LogP contribution in [0, 0.1) is 18.6 Å². The molecule has 58 heavy (non-hydrogen) atoms. The van der Waals surface area contributed by atoms with Crippen molar-refractivity contribution in [2.75, 3.05) is 85.7 Å². The van der Waals surface area contributed by atoms with Gasteiger partial charge >= 0.3 is 0 Å². The minimum absolute atomic E-state index is 0. The third-order valence-corrected chi connectivity index (χ3v) is 10.8. The van der Waals surface area contributed by atoms with Gasteiger partial charge in [-0.2, -0.15) is 0 Å². The molecule has 2 N–H and O–H groups in total. The molecule has 10 rings (SSSR count). The van der Waals surface area contributed by atoms with Crippen molar-refractivity contribution in [2.45, 2.75) is 63.9 Å². The molecule has 0 saturated carbocycles. The molecule has 0 aromatic heterocycles. The first-order valence-corrected chi connectivity index (χ1v) is 18.4. The number of rotatable bonds is 10. The van der Waals surface area contributed by atoms with Gasteiger partial charge in [0.05, 0.1) is 63.9 Å². The number of halogens is 2. The van der Waals surface area contributed by atoms with E-state index in [2.05, 4.69) is 10.6 Å². The number of fused-ring (bicyclic) bond motifs is 6. The van der Waals surface area contributed by atoms with Gasteiger partial charge in [0.15, 0.2) is 0 Å². The molecule has 0 unspecified atom stereocenters. The number of piperidine rings is 2. The Morgan fingerprint density at radius 1 is 0.759 bits per heavy atom. The van der Waals surface area contributed by atoms with Crippen LogP contribution in [0.5, 0.6) is 11.5 Å². The number of anilines is 4. The zero-order valence-electron chi connectivity index (χ0n) is 49.5. The topological polar surface area (TPSA) is 89.6 Å². The fourth-order valence-corrected chi connectivity index (χ4v) is 8.28. The van der Waals surface area contributed by atoms with Crippen molar-refractivity contribution >= 4 is 34.6 Å². The Kier molecular flexibility index (Phi) is 6.67.